The largest absolute Gasteiger partial charge is 0.384 e. The third-order valence-corrected chi connectivity index (χ3v) is 4.90. The van der Waals surface area contributed by atoms with Gasteiger partial charge in [0, 0.05) is 35.6 Å². The van der Waals surface area contributed by atoms with Crippen LogP contribution in [0.5, 0.6) is 0 Å². The van der Waals surface area contributed by atoms with E-state index >= 15 is 0 Å². The molecule has 4 nitrogen and oxygen atoms in total. The molecule has 110 valence electrons. The van der Waals surface area contributed by atoms with Gasteiger partial charge in [-0.3, -0.25) is 4.79 Å². The number of nitrogens with zero attached hydrogens (tertiary/aromatic N) is 1. The van der Waals surface area contributed by atoms with Crippen molar-refractivity contribution in [3.63, 3.8) is 0 Å². The molecule has 1 aliphatic rings. The summed E-state index contributed by atoms with van der Waals surface area (Å²) in [6, 6.07) is 8.21. The molecular formula is C16H19N3OS. The van der Waals surface area contributed by atoms with Gasteiger partial charge in [-0.15, -0.1) is 11.3 Å². The molecule has 1 aromatic heterocycles. The average molecular weight is 301 g/mol. The molecule has 5 heteroatoms. The van der Waals surface area contributed by atoms with Crippen molar-refractivity contribution in [1.29, 1.82) is 0 Å². The summed E-state index contributed by atoms with van der Waals surface area (Å²) in [5, 5.41) is 7.30. The maximum atomic E-state index is 12.1. The van der Waals surface area contributed by atoms with E-state index < -0.39 is 0 Å². The number of fused-ring (bicyclic) bond motifs is 1. The van der Waals surface area contributed by atoms with Crippen molar-refractivity contribution in [2.45, 2.75) is 32.2 Å². The molecule has 1 unspecified atom stereocenters. The van der Waals surface area contributed by atoms with Crippen LogP contribution in [-0.2, 0) is 17.8 Å². The van der Waals surface area contributed by atoms with E-state index in [1.807, 2.05) is 18.3 Å². The molecule has 1 aliphatic heterocycles. The Hall–Kier alpha value is -1.88. The van der Waals surface area contributed by atoms with Crippen LogP contribution in [0, 0.1) is 0 Å². The fourth-order valence-electron chi connectivity index (χ4n) is 2.60. The van der Waals surface area contributed by atoms with Gasteiger partial charge in [-0.25, -0.2) is 4.98 Å². The van der Waals surface area contributed by atoms with Crippen LogP contribution in [0.2, 0.25) is 0 Å². The molecule has 0 fully saturated rings. The fraction of sp³-hybridized carbons (Fsp3) is 0.375. The summed E-state index contributed by atoms with van der Waals surface area (Å²) in [5.41, 5.74) is 2.40. The standard InChI is InChI=1S/C16H19N3OS/c1-2-12-9-19-16(21-12)10-18-15(20)7-11-8-17-14-6-4-3-5-13(11)14/h3-6,9,11,17H,2,7-8,10H2,1H3,(H,18,20). The number of benzene rings is 1. The van der Waals surface area contributed by atoms with Gasteiger partial charge in [0.25, 0.3) is 0 Å². The summed E-state index contributed by atoms with van der Waals surface area (Å²) in [6.07, 6.45) is 3.41. The molecule has 0 saturated carbocycles. The molecule has 0 spiro atoms. The molecule has 0 bridgehead atoms. The molecule has 0 aliphatic carbocycles. The van der Waals surface area contributed by atoms with Crippen LogP contribution in [-0.4, -0.2) is 17.4 Å². The third-order valence-electron chi connectivity index (χ3n) is 3.76. The first-order valence-corrected chi connectivity index (χ1v) is 8.11. The smallest absolute Gasteiger partial charge is 0.221 e. The lowest BCUT2D eigenvalue weighted by Crippen LogP contribution is -2.25. The van der Waals surface area contributed by atoms with Gasteiger partial charge in [-0.1, -0.05) is 25.1 Å². The number of aryl methyl sites for hydroxylation is 1. The Labute approximate surface area is 128 Å². The van der Waals surface area contributed by atoms with Crippen molar-refractivity contribution < 1.29 is 4.79 Å². The van der Waals surface area contributed by atoms with Crippen LogP contribution in [0.25, 0.3) is 0 Å². The van der Waals surface area contributed by atoms with Gasteiger partial charge in [0.05, 0.1) is 6.54 Å². The van der Waals surface area contributed by atoms with Gasteiger partial charge in [-0.05, 0) is 18.1 Å². The van der Waals surface area contributed by atoms with E-state index in [0.29, 0.717) is 13.0 Å². The molecule has 0 saturated heterocycles. The number of hydrogen-bond donors (Lipinski definition) is 2. The van der Waals surface area contributed by atoms with Gasteiger partial charge < -0.3 is 10.6 Å². The Morgan fingerprint density at radius 3 is 3.14 bits per heavy atom. The second kappa shape index (κ2) is 6.26. The maximum absolute atomic E-state index is 12.1. The number of rotatable bonds is 5. The highest BCUT2D eigenvalue weighted by Gasteiger charge is 2.23. The highest BCUT2D eigenvalue weighted by Crippen LogP contribution is 2.33. The van der Waals surface area contributed by atoms with E-state index in [1.165, 1.54) is 10.4 Å². The van der Waals surface area contributed by atoms with Gasteiger partial charge in [0.2, 0.25) is 5.91 Å². The first kappa shape index (κ1) is 14.1. The molecule has 1 aromatic carbocycles. The second-order valence-electron chi connectivity index (χ2n) is 5.22. The average Bonchev–Trinajstić information content (AvgIpc) is 3.12. The summed E-state index contributed by atoms with van der Waals surface area (Å²) in [6.45, 7) is 3.48. The van der Waals surface area contributed by atoms with Crippen LogP contribution < -0.4 is 10.6 Å². The lowest BCUT2D eigenvalue weighted by Gasteiger charge is -2.09. The van der Waals surface area contributed by atoms with Crippen LogP contribution in [0.4, 0.5) is 5.69 Å². The molecule has 2 N–H and O–H groups in total. The van der Waals surface area contributed by atoms with Crippen molar-refractivity contribution in [1.82, 2.24) is 10.3 Å². The number of hydrogen-bond acceptors (Lipinski definition) is 4. The Morgan fingerprint density at radius 2 is 2.33 bits per heavy atom. The van der Waals surface area contributed by atoms with Gasteiger partial charge in [0.1, 0.15) is 5.01 Å². The highest BCUT2D eigenvalue weighted by molar-refractivity contribution is 7.11. The quantitative estimate of drug-likeness (QED) is 0.893. The van der Waals surface area contributed by atoms with E-state index in [2.05, 4.69) is 34.7 Å². The monoisotopic (exact) mass is 301 g/mol. The Balaban J connectivity index is 1.53. The number of amides is 1. The zero-order valence-electron chi connectivity index (χ0n) is 12.1. The van der Waals surface area contributed by atoms with E-state index in [0.717, 1.165) is 23.7 Å². The van der Waals surface area contributed by atoms with E-state index in [4.69, 9.17) is 0 Å². The Bertz CT molecular complexity index is 638. The summed E-state index contributed by atoms with van der Waals surface area (Å²) in [7, 11) is 0. The fourth-order valence-corrected chi connectivity index (χ4v) is 3.40. The molecule has 1 amide bonds. The van der Waals surface area contributed by atoms with Gasteiger partial charge in [-0.2, -0.15) is 0 Å². The first-order chi connectivity index (χ1) is 10.3. The molecule has 1 atom stereocenters. The van der Waals surface area contributed by atoms with E-state index in [9.17, 15) is 4.79 Å². The number of carbonyl (C=O) groups excluding carboxylic acids is 1. The van der Waals surface area contributed by atoms with Gasteiger partial charge >= 0.3 is 0 Å². The minimum Gasteiger partial charge on any atom is -0.384 e. The minimum atomic E-state index is 0.0896. The predicted molar refractivity (Wildman–Crippen MR) is 85.6 cm³/mol. The van der Waals surface area contributed by atoms with Crippen LogP contribution >= 0.6 is 11.3 Å². The Kier molecular flexibility index (Phi) is 4.20. The summed E-state index contributed by atoms with van der Waals surface area (Å²) < 4.78 is 0. The minimum absolute atomic E-state index is 0.0896. The molecule has 2 heterocycles. The van der Waals surface area contributed by atoms with Crippen molar-refractivity contribution in [2.75, 3.05) is 11.9 Å². The molecule has 21 heavy (non-hydrogen) atoms. The van der Waals surface area contributed by atoms with E-state index in [1.54, 1.807) is 11.3 Å². The summed E-state index contributed by atoms with van der Waals surface area (Å²) in [5.74, 6) is 0.357. The number of anilines is 1. The van der Waals surface area contributed by atoms with Crippen LogP contribution in [0.3, 0.4) is 0 Å². The number of para-hydroxylation sites is 1. The van der Waals surface area contributed by atoms with Gasteiger partial charge in [0.15, 0.2) is 0 Å². The first-order valence-electron chi connectivity index (χ1n) is 7.29. The lowest BCUT2D eigenvalue weighted by atomic mass is 9.98. The van der Waals surface area contributed by atoms with Crippen molar-refractivity contribution in [3.8, 4) is 0 Å². The molecular weight excluding hydrogens is 282 g/mol. The molecule has 3 rings (SSSR count). The zero-order valence-corrected chi connectivity index (χ0v) is 12.9. The number of aromatic nitrogens is 1. The summed E-state index contributed by atoms with van der Waals surface area (Å²) in [4.78, 5) is 17.7. The number of thiazole rings is 1. The third kappa shape index (κ3) is 3.24. The van der Waals surface area contributed by atoms with Crippen LogP contribution in [0.1, 0.15) is 34.7 Å². The van der Waals surface area contributed by atoms with Crippen LogP contribution in [0.15, 0.2) is 30.5 Å². The number of nitrogens with one attached hydrogen (secondary N) is 2. The second-order valence-corrected chi connectivity index (χ2v) is 6.42. The Morgan fingerprint density at radius 1 is 1.48 bits per heavy atom. The molecule has 0 radical (unpaired) electrons. The summed E-state index contributed by atoms with van der Waals surface area (Å²) >= 11 is 1.67. The maximum Gasteiger partial charge on any atom is 0.221 e. The predicted octanol–water partition coefficient (Wildman–Crippen LogP) is 2.92. The van der Waals surface area contributed by atoms with Crippen molar-refractivity contribution in [3.05, 3.63) is 45.9 Å². The highest BCUT2D eigenvalue weighted by atomic mass is 32.1. The lowest BCUT2D eigenvalue weighted by molar-refractivity contribution is -0.121. The topological polar surface area (TPSA) is 54.0 Å². The van der Waals surface area contributed by atoms with Crippen molar-refractivity contribution in [2.24, 2.45) is 0 Å². The number of carbonyl (C=O) groups is 1. The normalized spacial score (nSPS) is 16.3. The zero-order chi connectivity index (χ0) is 14.7. The van der Waals surface area contributed by atoms with Crippen molar-refractivity contribution >= 4 is 22.9 Å². The molecule has 2 aromatic rings. The SMILES string of the molecule is CCc1cnc(CNC(=O)CC2CNc3ccccc32)s1. The van der Waals surface area contributed by atoms with E-state index in [-0.39, 0.29) is 11.8 Å².